The Morgan fingerprint density at radius 1 is 1.07 bits per heavy atom. The van der Waals surface area contributed by atoms with E-state index in [2.05, 4.69) is 10.4 Å². The van der Waals surface area contributed by atoms with Crippen molar-refractivity contribution in [2.24, 2.45) is 0 Å². The number of halogens is 3. The average Bonchev–Trinajstić information content (AvgIpc) is 3.18. The standard InChI is InChI=1S/C21H18F3N3O/c22-21(23,24)19-8-3-5-16(13-19)9-10-20(28)25-14-17-6-1-2-7-18(17)15-27-12-4-11-26-27/h1-13H,14-15H2,(H,25,28). The van der Waals surface area contributed by atoms with E-state index in [9.17, 15) is 18.0 Å². The lowest BCUT2D eigenvalue weighted by atomic mass is 10.1. The highest BCUT2D eigenvalue weighted by molar-refractivity contribution is 5.91. The molecule has 2 aromatic carbocycles. The van der Waals surface area contributed by atoms with Crippen LogP contribution in [0.2, 0.25) is 0 Å². The van der Waals surface area contributed by atoms with Gasteiger partial charge in [0.2, 0.25) is 5.91 Å². The molecule has 0 saturated heterocycles. The van der Waals surface area contributed by atoms with Gasteiger partial charge in [-0.1, -0.05) is 36.4 Å². The lowest BCUT2D eigenvalue weighted by Gasteiger charge is -2.10. The molecule has 0 bridgehead atoms. The predicted molar refractivity (Wildman–Crippen MR) is 100 cm³/mol. The minimum atomic E-state index is -4.41. The van der Waals surface area contributed by atoms with Crippen molar-refractivity contribution in [1.29, 1.82) is 0 Å². The number of rotatable bonds is 6. The lowest BCUT2D eigenvalue weighted by molar-refractivity contribution is -0.137. The van der Waals surface area contributed by atoms with Crippen LogP contribution < -0.4 is 5.32 Å². The van der Waals surface area contributed by atoms with Crippen LogP contribution in [0.25, 0.3) is 6.08 Å². The Hall–Kier alpha value is -3.35. The predicted octanol–water partition coefficient (Wildman–Crippen LogP) is 4.28. The summed E-state index contributed by atoms with van der Waals surface area (Å²) in [4.78, 5) is 12.1. The Labute approximate surface area is 160 Å². The fourth-order valence-corrected chi connectivity index (χ4v) is 2.68. The minimum absolute atomic E-state index is 0.309. The normalized spacial score (nSPS) is 11.7. The number of amides is 1. The van der Waals surface area contributed by atoms with Crippen LogP contribution in [0.15, 0.2) is 73.1 Å². The van der Waals surface area contributed by atoms with E-state index in [-0.39, 0.29) is 5.91 Å². The zero-order valence-corrected chi connectivity index (χ0v) is 14.9. The van der Waals surface area contributed by atoms with Gasteiger partial charge in [-0.05, 0) is 41.0 Å². The summed E-state index contributed by atoms with van der Waals surface area (Å²) in [6.07, 6.45) is 1.73. The van der Waals surface area contributed by atoms with Crippen molar-refractivity contribution in [2.75, 3.05) is 0 Å². The van der Waals surface area contributed by atoms with E-state index in [1.165, 1.54) is 24.3 Å². The molecule has 1 aromatic heterocycles. The number of carbonyl (C=O) groups is 1. The van der Waals surface area contributed by atoms with E-state index in [4.69, 9.17) is 0 Å². The molecule has 0 fully saturated rings. The molecule has 0 aliphatic carbocycles. The summed E-state index contributed by atoms with van der Waals surface area (Å²) < 4.78 is 40.0. The highest BCUT2D eigenvalue weighted by Gasteiger charge is 2.30. The van der Waals surface area contributed by atoms with Gasteiger partial charge in [-0.2, -0.15) is 18.3 Å². The van der Waals surface area contributed by atoms with Crippen LogP contribution in [0, 0.1) is 0 Å². The summed E-state index contributed by atoms with van der Waals surface area (Å²) in [5, 5.41) is 6.93. The van der Waals surface area contributed by atoms with Crippen molar-refractivity contribution in [3.05, 3.63) is 95.3 Å². The van der Waals surface area contributed by atoms with Crippen molar-refractivity contribution in [3.8, 4) is 0 Å². The summed E-state index contributed by atoms with van der Waals surface area (Å²) in [5.74, 6) is -0.383. The Balaban J connectivity index is 1.61. The summed E-state index contributed by atoms with van der Waals surface area (Å²) >= 11 is 0. The number of nitrogens with one attached hydrogen (secondary N) is 1. The van der Waals surface area contributed by atoms with Crippen molar-refractivity contribution < 1.29 is 18.0 Å². The van der Waals surface area contributed by atoms with E-state index in [0.717, 1.165) is 23.3 Å². The van der Waals surface area contributed by atoms with Crippen LogP contribution in [0.3, 0.4) is 0 Å². The molecule has 0 atom stereocenters. The first-order valence-electron chi connectivity index (χ1n) is 8.59. The van der Waals surface area contributed by atoms with Gasteiger partial charge in [0.25, 0.3) is 0 Å². The maximum atomic E-state index is 12.7. The average molecular weight is 385 g/mol. The van der Waals surface area contributed by atoms with E-state index in [0.29, 0.717) is 18.7 Å². The molecule has 4 nitrogen and oxygen atoms in total. The molecule has 1 N–H and O–H groups in total. The molecule has 144 valence electrons. The molecule has 3 rings (SSSR count). The molecule has 0 saturated carbocycles. The van der Waals surface area contributed by atoms with Crippen LogP contribution in [0.4, 0.5) is 13.2 Å². The number of aromatic nitrogens is 2. The number of benzene rings is 2. The molecule has 28 heavy (non-hydrogen) atoms. The first kappa shape index (κ1) is 19.4. The van der Waals surface area contributed by atoms with Crippen molar-refractivity contribution in [3.63, 3.8) is 0 Å². The van der Waals surface area contributed by atoms with Gasteiger partial charge in [0.15, 0.2) is 0 Å². The number of nitrogens with zero attached hydrogens (tertiary/aromatic N) is 2. The molecule has 1 amide bonds. The van der Waals surface area contributed by atoms with Crippen LogP contribution >= 0.6 is 0 Å². The van der Waals surface area contributed by atoms with Gasteiger partial charge in [0.1, 0.15) is 0 Å². The molecular formula is C21H18F3N3O. The number of hydrogen-bond acceptors (Lipinski definition) is 2. The second-order valence-electron chi connectivity index (χ2n) is 6.15. The molecule has 0 spiro atoms. The third-order valence-corrected chi connectivity index (χ3v) is 4.10. The zero-order chi connectivity index (χ0) is 20.0. The maximum Gasteiger partial charge on any atom is 0.416 e. The molecule has 0 aliphatic rings. The largest absolute Gasteiger partial charge is 0.416 e. The molecule has 0 radical (unpaired) electrons. The molecule has 0 aliphatic heterocycles. The molecule has 1 heterocycles. The minimum Gasteiger partial charge on any atom is -0.348 e. The van der Waals surface area contributed by atoms with Gasteiger partial charge in [-0.15, -0.1) is 0 Å². The van der Waals surface area contributed by atoms with Crippen molar-refractivity contribution >= 4 is 12.0 Å². The Bertz CT molecular complexity index is 963. The summed E-state index contributed by atoms with van der Waals surface area (Å²) in [6, 6.07) is 14.3. The number of carbonyl (C=O) groups excluding carboxylic acids is 1. The monoisotopic (exact) mass is 385 g/mol. The van der Waals surface area contributed by atoms with Crippen LogP contribution in [0.5, 0.6) is 0 Å². The second-order valence-corrected chi connectivity index (χ2v) is 6.15. The second kappa shape index (κ2) is 8.56. The first-order valence-corrected chi connectivity index (χ1v) is 8.59. The van der Waals surface area contributed by atoms with E-state index < -0.39 is 11.7 Å². The lowest BCUT2D eigenvalue weighted by Crippen LogP contribution is -2.21. The topological polar surface area (TPSA) is 46.9 Å². The Kier molecular flexibility index (Phi) is 5.93. The fourth-order valence-electron chi connectivity index (χ4n) is 2.68. The molecule has 7 heteroatoms. The van der Waals surface area contributed by atoms with E-state index in [1.54, 1.807) is 10.9 Å². The van der Waals surface area contributed by atoms with Crippen LogP contribution in [-0.4, -0.2) is 15.7 Å². The fraction of sp³-hybridized carbons (Fsp3) is 0.143. The Morgan fingerprint density at radius 3 is 2.57 bits per heavy atom. The van der Waals surface area contributed by atoms with Gasteiger partial charge in [0, 0.05) is 25.0 Å². The molecule has 3 aromatic rings. The number of hydrogen-bond donors (Lipinski definition) is 1. The smallest absolute Gasteiger partial charge is 0.348 e. The molecule has 0 unspecified atom stereocenters. The maximum absolute atomic E-state index is 12.7. The van der Waals surface area contributed by atoms with Gasteiger partial charge in [0.05, 0.1) is 12.1 Å². The third kappa shape index (κ3) is 5.33. The SMILES string of the molecule is O=C(C=Cc1cccc(C(F)(F)F)c1)NCc1ccccc1Cn1cccn1. The van der Waals surface area contributed by atoms with Crippen molar-refractivity contribution in [1.82, 2.24) is 15.1 Å². The Morgan fingerprint density at radius 2 is 1.86 bits per heavy atom. The van der Waals surface area contributed by atoms with E-state index >= 15 is 0 Å². The zero-order valence-electron chi connectivity index (χ0n) is 14.9. The molecular weight excluding hydrogens is 367 g/mol. The van der Waals surface area contributed by atoms with Gasteiger partial charge < -0.3 is 5.32 Å². The van der Waals surface area contributed by atoms with Crippen LogP contribution in [-0.2, 0) is 24.1 Å². The van der Waals surface area contributed by atoms with Gasteiger partial charge in [-0.25, -0.2) is 0 Å². The quantitative estimate of drug-likeness (QED) is 0.644. The highest BCUT2D eigenvalue weighted by atomic mass is 19.4. The highest BCUT2D eigenvalue weighted by Crippen LogP contribution is 2.29. The summed E-state index contributed by atoms with van der Waals surface area (Å²) in [6.45, 7) is 0.891. The summed E-state index contributed by atoms with van der Waals surface area (Å²) in [7, 11) is 0. The van der Waals surface area contributed by atoms with Gasteiger partial charge in [-0.3, -0.25) is 9.48 Å². The van der Waals surface area contributed by atoms with Gasteiger partial charge >= 0.3 is 6.18 Å². The first-order chi connectivity index (χ1) is 13.4. The van der Waals surface area contributed by atoms with Crippen LogP contribution in [0.1, 0.15) is 22.3 Å². The summed E-state index contributed by atoms with van der Waals surface area (Å²) in [5.41, 5.74) is 1.53. The third-order valence-electron chi connectivity index (χ3n) is 4.10. The van der Waals surface area contributed by atoms with E-state index in [1.807, 2.05) is 36.5 Å². The number of alkyl halides is 3. The van der Waals surface area contributed by atoms with Crippen molar-refractivity contribution in [2.45, 2.75) is 19.3 Å².